The Morgan fingerprint density at radius 2 is 1.93 bits per heavy atom. The maximum atomic E-state index is 12.7. The summed E-state index contributed by atoms with van der Waals surface area (Å²) in [6.45, 7) is 4.89. The van der Waals surface area contributed by atoms with Gasteiger partial charge in [0.05, 0.1) is 0 Å². The van der Waals surface area contributed by atoms with Gasteiger partial charge in [-0.1, -0.05) is 29.5 Å². The summed E-state index contributed by atoms with van der Waals surface area (Å²) in [6.07, 6.45) is 3.08. The van der Waals surface area contributed by atoms with Crippen LogP contribution in [0.1, 0.15) is 24.8 Å². The molecule has 0 atom stereocenters. The van der Waals surface area contributed by atoms with Gasteiger partial charge < -0.3 is 15.1 Å². The number of carbonyl (C=O) groups is 2. The number of pyridine rings is 1. The minimum atomic E-state index is -0.129. The Labute approximate surface area is 179 Å². The third-order valence-electron chi connectivity index (χ3n) is 5.26. The van der Waals surface area contributed by atoms with Gasteiger partial charge in [-0.25, -0.2) is 9.97 Å². The summed E-state index contributed by atoms with van der Waals surface area (Å²) >= 11 is 1.59. The number of rotatable bonds is 5. The van der Waals surface area contributed by atoms with E-state index in [0.29, 0.717) is 13.1 Å². The average Bonchev–Trinajstić information content (AvgIpc) is 3.03. The second-order valence-corrected chi connectivity index (χ2v) is 8.36. The van der Waals surface area contributed by atoms with Crippen LogP contribution in [0.5, 0.6) is 0 Å². The number of anilines is 2. The fourth-order valence-electron chi connectivity index (χ4n) is 3.56. The highest BCUT2D eigenvalue weighted by atomic mass is 32.1. The molecule has 0 saturated carbocycles. The molecule has 0 bridgehead atoms. The van der Waals surface area contributed by atoms with Crippen LogP contribution in [0.25, 0.3) is 10.3 Å². The first kappa shape index (κ1) is 20.3. The van der Waals surface area contributed by atoms with Gasteiger partial charge in [-0.2, -0.15) is 0 Å². The van der Waals surface area contributed by atoms with E-state index >= 15 is 0 Å². The lowest BCUT2D eigenvalue weighted by atomic mass is 10.2. The van der Waals surface area contributed by atoms with E-state index in [1.54, 1.807) is 17.5 Å². The summed E-state index contributed by atoms with van der Waals surface area (Å²) in [5, 5.41) is 3.85. The molecule has 0 radical (unpaired) electrons. The Balaban J connectivity index is 1.29. The largest absolute Gasteiger partial charge is 0.346 e. The first-order valence-electron chi connectivity index (χ1n) is 10.2. The molecule has 1 fully saturated rings. The van der Waals surface area contributed by atoms with Crippen molar-refractivity contribution in [1.82, 2.24) is 14.9 Å². The van der Waals surface area contributed by atoms with E-state index in [1.165, 1.54) is 0 Å². The van der Waals surface area contributed by atoms with Gasteiger partial charge in [0, 0.05) is 50.9 Å². The van der Waals surface area contributed by atoms with Gasteiger partial charge in [0.1, 0.15) is 10.3 Å². The van der Waals surface area contributed by atoms with Crippen LogP contribution in [0, 0.1) is 6.92 Å². The molecule has 0 spiro atoms. The van der Waals surface area contributed by atoms with Gasteiger partial charge >= 0.3 is 0 Å². The number of aromatic nitrogens is 2. The Morgan fingerprint density at radius 3 is 2.77 bits per heavy atom. The zero-order valence-corrected chi connectivity index (χ0v) is 17.8. The minimum Gasteiger partial charge on any atom is -0.346 e. The van der Waals surface area contributed by atoms with E-state index in [1.807, 2.05) is 48.2 Å². The second-order valence-electron chi connectivity index (χ2n) is 7.41. The van der Waals surface area contributed by atoms with Crippen LogP contribution in [0.3, 0.4) is 0 Å². The monoisotopic (exact) mass is 423 g/mol. The molecule has 0 aliphatic carbocycles. The van der Waals surface area contributed by atoms with Crippen LogP contribution >= 0.6 is 11.3 Å². The topological polar surface area (TPSA) is 78.4 Å². The lowest BCUT2D eigenvalue weighted by Gasteiger charge is -2.21. The van der Waals surface area contributed by atoms with Gasteiger partial charge in [-0.05, 0) is 37.1 Å². The van der Waals surface area contributed by atoms with Crippen molar-refractivity contribution >= 4 is 44.3 Å². The molecular formula is C22H25N5O2S. The maximum absolute atomic E-state index is 12.7. The first-order chi connectivity index (χ1) is 14.6. The number of nitrogens with one attached hydrogen (secondary N) is 1. The quantitative estimate of drug-likeness (QED) is 0.680. The number of benzene rings is 1. The van der Waals surface area contributed by atoms with Crippen LogP contribution in [-0.4, -0.2) is 52.9 Å². The molecule has 0 unspecified atom stereocenters. The summed E-state index contributed by atoms with van der Waals surface area (Å²) in [6, 6.07) is 11.5. The highest BCUT2D eigenvalue weighted by Crippen LogP contribution is 2.27. The van der Waals surface area contributed by atoms with E-state index in [4.69, 9.17) is 0 Å². The molecule has 4 rings (SSSR count). The molecule has 1 aromatic carbocycles. The second kappa shape index (κ2) is 9.21. The maximum Gasteiger partial charge on any atom is 0.224 e. The number of para-hydroxylation sites is 1. The van der Waals surface area contributed by atoms with Crippen molar-refractivity contribution in [2.24, 2.45) is 0 Å². The fraction of sp³-hybridized carbons (Fsp3) is 0.364. The van der Waals surface area contributed by atoms with E-state index < -0.39 is 0 Å². The minimum absolute atomic E-state index is 0.0303. The molecule has 3 heterocycles. The number of aryl methyl sites for hydroxylation is 1. The molecular weight excluding hydrogens is 398 g/mol. The molecule has 1 N–H and O–H groups in total. The molecule has 8 heteroatoms. The van der Waals surface area contributed by atoms with Crippen molar-refractivity contribution in [2.45, 2.75) is 26.2 Å². The summed E-state index contributed by atoms with van der Waals surface area (Å²) in [4.78, 5) is 39.0. The Kier molecular flexibility index (Phi) is 6.23. The highest BCUT2D eigenvalue weighted by Gasteiger charge is 2.21. The van der Waals surface area contributed by atoms with Gasteiger partial charge in [0.15, 0.2) is 5.13 Å². The van der Waals surface area contributed by atoms with Crippen LogP contribution < -0.4 is 10.2 Å². The highest BCUT2D eigenvalue weighted by molar-refractivity contribution is 7.21. The molecule has 2 aromatic heterocycles. The third-order valence-corrected chi connectivity index (χ3v) is 6.30. The smallest absolute Gasteiger partial charge is 0.224 e. The number of carbonyl (C=O) groups excluding carboxylic acids is 2. The molecule has 2 amide bonds. The average molecular weight is 424 g/mol. The van der Waals surface area contributed by atoms with Crippen molar-refractivity contribution in [3.05, 3.63) is 48.2 Å². The molecule has 1 saturated heterocycles. The summed E-state index contributed by atoms with van der Waals surface area (Å²) in [5.74, 6) is -0.0983. The summed E-state index contributed by atoms with van der Waals surface area (Å²) < 4.78 is 0. The number of hydrogen-bond donors (Lipinski definition) is 1. The van der Waals surface area contributed by atoms with Crippen molar-refractivity contribution in [1.29, 1.82) is 0 Å². The lowest BCUT2D eigenvalue weighted by Crippen LogP contribution is -2.35. The molecule has 156 valence electrons. The molecule has 3 aromatic rings. The van der Waals surface area contributed by atoms with Crippen LogP contribution in [0.15, 0.2) is 42.6 Å². The van der Waals surface area contributed by atoms with Crippen molar-refractivity contribution in [3.63, 3.8) is 0 Å². The van der Waals surface area contributed by atoms with Crippen molar-refractivity contribution < 1.29 is 9.59 Å². The van der Waals surface area contributed by atoms with E-state index in [0.717, 1.165) is 46.2 Å². The van der Waals surface area contributed by atoms with Crippen LogP contribution in [0.4, 0.5) is 10.8 Å². The lowest BCUT2D eigenvalue weighted by molar-refractivity contribution is -0.132. The van der Waals surface area contributed by atoms with E-state index in [2.05, 4.69) is 20.2 Å². The number of fused-ring (bicyclic) bond motifs is 1. The number of amides is 2. The number of nitrogens with zero attached hydrogens (tertiary/aromatic N) is 4. The zero-order valence-electron chi connectivity index (χ0n) is 17.0. The van der Waals surface area contributed by atoms with E-state index in [9.17, 15) is 9.59 Å². The van der Waals surface area contributed by atoms with Gasteiger partial charge in [-0.3, -0.25) is 9.59 Å². The van der Waals surface area contributed by atoms with Crippen LogP contribution in [0.2, 0.25) is 0 Å². The van der Waals surface area contributed by atoms with Crippen LogP contribution in [-0.2, 0) is 9.59 Å². The number of hydrogen-bond acceptors (Lipinski definition) is 6. The van der Waals surface area contributed by atoms with Crippen molar-refractivity contribution in [3.8, 4) is 0 Å². The predicted molar refractivity (Wildman–Crippen MR) is 120 cm³/mol. The van der Waals surface area contributed by atoms with Gasteiger partial charge in [-0.15, -0.1) is 0 Å². The molecule has 30 heavy (non-hydrogen) atoms. The summed E-state index contributed by atoms with van der Waals surface area (Å²) in [5.41, 5.74) is 2.72. The Morgan fingerprint density at radius 1 is 1.07 bits per heavy atom. The first-order valence-corrected chi connectivity index (χ1v) is 11.0. The normalized spacial score (nSPS) is 14.6. The molecule has 1 aliphatic rings. The van der Waals surface area contributed by atoms with Gasteiger partial charge in [0.2, 0.25) is 11.8 Å². The predicted octanol–water partition coefficient (Wildman–Crippen LogP) is 3.46. The molecule has 1 aliphatic heterocycles. The Bertz CT molecular complexity index is 1020. The standard InChI is InChI=1S/C22H25N5O2S/c1-16-6-2-3-7-17(16)24-19(28)9-10-20(29)26-12-5-13-27(15-14-26)22-25-18-8-4-11-23-21(18)30-22/h2-4,6-8,11H,5,9-10,12-15H2,1H3,(H,24,28). The zero-order chi connectivity index (χ0) is 20.9. The van der Waals surface area contributed by atoms with Gasteiger partial charge in [0.25, 0.3) is 0 Å². The number of thiazole rings is 1. The molecule has 7 nitrogen and oxygen atoms in total. The fourth-order valence-corrected chi connectivity index (χ4v) is 4.52. The summed E-state index contributed by atoms with van der Waals surface area (Å²) in [7, 11) is 0. The Hall–Kier alpha value is -3.00. The third kappa shape index (κ3) is 4.76. The van der Waals surface area contributed by atoms with Crippen molar-refractivity contribution in [2.75, 3.05) is 36.4 Å². The SMILES string of the molecule is Cc1ccccc1NC(=O)CCC(=O)N1CCCN(c2nc3cccnc3s2)CC1. The van der Waals surface area contributed by atoms with E-state index in [-0.39, 0.29) is 24.7 Å².